The summed E-state index contributed by atoms with van der Waals surface area (Å²) in [4.78, 5) is 38.0. The van der Waals surface area contributed by atoms with Crippen LogP contribution >= 0.6 is 0 Å². The minimum atomic E-state index is -0.773. The molecule has 0 heterocycles. The number of hydrogen-bond donors (Lipinski definition) is 0. The highest BCUT2D eigenvalue weighted by Gasteiger charge is 2.19. The van der Waals surface area contributed by atoms with Gasteiger partial charge in [-0.1, -0.05) is 291 Å². The van der Waals surface area contributed by atoms with E-state index in [0.717, 1.165) is 109 Å². The normalized spacial score (nSPS) is 12.7. The predicted molar refractivity (Wildman–Crippen MR) is 320 cm³/mol. The maximum Gasteiger partial charge on any atom is 0.306 e. The molecule has 0 saturated heterocycles. The monoisotopic (exact) mass is 1030 g/mol. The van der Waals surface area contributed by atoms with Gasteiger partial charge in [0.2, 0.25) is 0 Å². The Hall–Kier alpha value is -3.67. The lowest BCUT2D eigenvalue weighted by Crippen LogP contribution is -2.30. The van der Waals surface area contributed by atoms with Gasteiger partial charge in [0.15, 0.2) is 6.10 Å². The van der Waals surface area contributed by atoms with Crippen molar-refractivity contribution >= 4 is 17.9 Å². The van der Waals surface area contributed by atoms with Gasteiger partial charge < -0.3 is 14.2 Å². The molecule has 6 heteroatoms. The second-order valence-electron chi connectivity index (χ2n) is 20.6. The van der Waals surface area contributed by atoms with Gasteiger partial charge in [-0.15, -0.1) is 0 Å². The predicted octanol–water partition coefficient (Wildman–Crippen LogP) is 21.3. The molecule has 1 unspecified atom stereocenters. The van der Waals surface area contributed by atoms with Gasteiger partial charge in [-0.2, -0.15) is 0 Å². The minimum absolute atomic E-state index is 0.0738. The highest BCUT2D eigenvalue weighted by molar-refractivity contribution is 5.71. The van der Waals surface area contributed by atoms with E-state index < -0.39 is 6.10 Å². The molecule has 0 aromatic heterocycles. The Balaban J connectivity index is 4.08. The van der Waals surface area contributed by atoms with E-state index in [9.17, 15) is 14.4 Å². The van der Waals surface area contributed by atoms with Crippen molar-refractivity contribution in [2.45, 2.75) is 303 Å². The lowest BCUT2D eigenvalue weighted by molar-refractivity contribution is -0.167. The molecule has 0 N–H and O–H groups in total. The second-order valence-corrected chi connectivity index (χ2v) is 20.6. The van der Waals surface area contributed by atoms with Crippen LogP contribution in [0.3, 0.4) is 0 Å². The molecular weight excluding hydrogens is 913 g/mol. The number of hydrogen-bond acceptors (Lipinski definition) is 6. The van der Waals surface area contributed by atoms with Crippen LogP contribution in [0.15, 0.2) is 97.2 Å². The van der Waals surface area contributed by atoms with Crippen LogP contribution < -0.4 is 0 Å². The van der Waals surface area contributed by atoms with Crippen molar-refractivity contribution in [3.63, 3.8) is 0 Å². The number of allylic oxidation sites excluding steroid dienone is 16. The first-order chi connectivity index (χ1) is 36.5. The highest BCUT2D eigenvalue weighted by Crippen LogP contribution is 2.16. The molecule has 0 amide bonds. The van der Waals surface area contributed by atoms with Gasteiger partial charge in [-0.05, 0) is 83.5 Å². The molecule has 0 aliphatic heterocycles. The summed E-state index contributed by atoms with van der Waals surface area (Å²) in [5, 5.41) is 0. The largest absolute Gasteiger partial charge is 0.462 e. The summed E-state index contributed by atoms with van der Waals surface area (Å²) in [5.74, 6) is -0.875. The molecule has 1 atom stereocenters. The fraction of sp³-hybridized carbons (Fsp3) is 0.721. The summed E-state index contributed by atoms with van der Waals surface area (Å²) in [6.45, 7) is 6.51. The van der Waals surface area contributed by atoms with Gasteiger partial charge in [0.25, 0.3) is 0 Å². The molecule has 0 fully saturated rings. The smallest absolute Gasteiger partial charge is 0.306 e. The molecular formula is C68H116O6. The van der Waals surface area contributed by atoms with E-state index in [1.807, 2.05) is 0 Å². The molecule has 0 aliphatic rings. The molecule has 0 aliphatic carbocycles. The third-order valence-electron chi connectivity index (χ3n) is 13.4. The summed E-state index contributed by atoms with van der Waals surface area (Å²) >= 11 is 0. The lowest BCUT2D eigenvalue weighted by atomic mass is 10.0. The van der Waals surface area contributed by atoms with Gasteiger partial charge >= 0.3 is 17.9 Å². The maximum absolute atomic E-state index is 12.8. The van der Waals surface area contributed by atoms with Crippen molar-refractivity contribution in [1.82, 2.24) is 0 Å². The van der Waals surface area contributed by atoms with Gasteiger partial charge in [-0.3, -0.25) is 14.4 Å². The van der Waals surface area contributed by atoms with Crippen LogP contribution in [0.2, 0.25) is 0 Å². The van der Waals surface area contributed by atoms with E-state index in [0.29, 0.717) is 19.3 Å². The van der Waals surface area contributed by atoms with Crippen molar-refractivity contribution in [3.05, 3.63) is 97.2 Å². The molecule has 0 rings (SSSR count). The first-order valence-electron chi connectivity index (χ1n) is 31.2. The third kappa shape index (κ3) is 59.2. The number of ether oxygens (including phenoxy) is 3. The van der Waals surface area contributed by atoms with E-state index in [-0.39, 0.29) is 31.1 Å². The first kappa shape index (κ1) is 70.3. The quantitative estimate of drug-likeness (QED) is 0.0261. The summed E-state index contributed by atoms with van der Waals surface area (Å²) < 4.78 is 16.8. The van der Waals surface area contributed by atoms with Crippen LogP contribution in [0.4, 0.5) is 0 Å². The van der Waals surface area contributed by atoms with Crippen LogP contribution in [-0.2, 0) is 28.6 Å². The summed E-state index contributed by atoms with van der Waals surface area (Å²) in [6, 6.07) is 0. The molecule has 0 radical (unpaired) electrons. The SMILES string of the molecule is CC/C=C\C/C=C\C/C=C\C/C=C\C/C=C\C/C=C\C/C=C\C/C=C\CCCCCCCCCCCCC(=O)OCC(COC(=O)CCCCCCCCCC)OC(=O)CCCCCCCCCCCCCCC. The Labute approximate surface area is 457 Å². The third-order valence-corrected chi connectivity index (χ3v) is 13.4. The number of carbonyl (C=O) groups excluding carboxylic acids is 3. The summed E-state index contributed by atoms with van der Waals surface area (Å²) in [7, 11) is 0. The molecule has 0 aromatic carbocycles. The Morgan fingerprint density at radius 1 is 0.284 bits per heavy atom. The number of carbonyl (C=O) groups is 3. The van der Waals surface area contributed by atoms with E-state index in [2.05, 4.69) is 118 Å². The van der Waals surface area contributed by atoms with Crippen molar-refractivity contribution < 1.29 is 28.6 Å². The second kappa shape index (κ2) is 61.9. The van der Waals surface area contributed by atoms with Crippen LogP contribution in [-0.4, -0.2) is 37.2 Å². The minimum Gasteiger partial charge on any atom is -0.462 e. The van der Waals surface area contributed by atoms with Gasteiger partial charge in [0.1, 0.15) is 13.2 Å². The number of esters is 3. The molecule has 74 heavy (non-hydrogen) atoms. The van der Waals surface area contributed by atoms with Crippen LogP contribution in [0.5, 0.6) is 0 Å². The first-order valence-corrected chi connectivity index (χ1v) is 31.2. The summed E-state index contributed by atoms with van der Waals surface area (Å²) in [5.41, 5.74) is 0. The van der Waals surface area contributed by atoms with Gasteiger partial charge in [0.05, 0.1) is 0 Å². The Morgan fingerprint density at radius 2 is 0.527 bits per heavy atom. The fourth-order valence-electron chi connectivity index (χ4n) is 8.69. The topological polar surface area (TPSA) is 78.9 Å². The average molecular weight is 1030 g/mol. The van der Waals surface area contributed by atoms with E-state index in [1.165, 1.54) is 148 Å². The standard InChI is InChI=1S/C68H116O6/c1-4-7-10-13-16-19-21-23-24-25-26-27-28-29-30-31-32-33-34-35-36-37-38-39-40-41-42-43-44-46-47-49-52-55-58-61-67(70)73-64-65(63-72-66(69)60-57-54-51-18-15-12-9-6-3)74-68(71)62-59-56-53-50-48-45-22-20-17-14-11-8-5-2/h7,10,16,19,23-24,26-27,29-30,32-33,35-36,38-39,65H,4-6,8-9,11-15,17-18,20-22,25,28,31,34,37,40-64H2,1-3H3/b10-7-,19-16-,24-23-,27-26-,30-29-,33-32-,36-35-,39-38-. The van der Waals surface area contributed by atoms with Gasteiger partial charge in [-0.25, -0.2) is 0 Å². The zero-order valence-electron chi connectivity index (χ0n) is 48.6. The van der Waals surface area contributed by atoms with Crippen LogP contribution in [0, 0.1) is 0 Å². The summed E-state index contributed by atoms with van der Waals surface area (Å²) in [6.07, 6.45) is 82.9. The van der Waals surface area contributed by atoms with Crippen molar-refractivity contribution in [2.24, 2.45) is 0 Å². The Kier molecular flexibility index (Phi) is 58.8. The maximum atomic E-state index is 12.8. The highest BCUT2D eigenvalue weighted by atomic mass is 16.6. The molecule has 424 valence electrons. The van der Waals surface area contributed by atoms with Crippen LogP contribution in [0.1, 0.15) is 297 Å². The zero-order valence-corrected chi connectivity index (χ0v) is 48.6. The molecule has 6 nitrogen and oxygen atoms in total. The lowest BCUT2D eigenvalue weighted by Gasteiger charge is -2.18. The number of rotatable bonds is 56. The van der Waals surface area contributed by atoms with Crippen LogP contribution in [0.25, 0.3) is 0 Å². The number of unbranched alkanes of at least 4 members (excludes halogenated alkanes) is 29. The van der Waals surface area contributed by atoms with E-state index in [1.54, 1.807) is 0 Å². The van der Waals surface area contributed by atoms with Crippen molar-refractivity contribution in [3.8, 4) is 0 Å². The molecule has 0 bridgehead atoms. The van der Waals surface area contributed by atoms with Crippen molar-refractivity contribution in [1.29, 1.82) is 0 Å². The molecule has 0 saturated carbocycles. The Bertz CT molecular complexity index is 1460. The molecule has 0 aromatic rings. The van der Waals surface area contributed by atoms with E-state index >= 15 is 0 Å². The van der Waals surface area contributed by atoms with Crippen molar-refractivity contribution in [2.75, 3.05) is 13.2 Å². The Morgan fingerprint density at radius 3 is 0.824 bits per heavy atom. The molecule has 0 spiro atoms. The van der Waals surface area contributed by atoms with Gasteiger partial charge in [0, 0.05) is 19.3 Å². The van der Waals surface area contributed by atoms with E-state index in [4.69, 9.17) is 14.2 Å². The fourth-order valence-corrected chi connectivity index (χ4v) is 8.69. The average Bonchev–Trinajstić information content (AvgIpc) is 3.40. The zero-order chi connectivity index (χ0) is 53.6.